The Hall–Kier alpha value is -2.58. The third-order valence-corrected chi connectivity index (χ3v) is 6.40. The summed E-state index contributed by atoms with van der Waals surface area (Å²) < 4.78 is 0. The molecule has 7 aromatic rings. The third-order valence-electron chi connectivity index (χ3n) is 6.40. The second kappa shape index (κ2) is 14.4. The molecule has 0 aliphatic carbocycles. The van der Waals surface area contributed by atoms with E-state index in [0.29, 0.717) is 5.92 Å². The zero-order chi connectivity index (χ0) is 23.3. The van der Waals surface area contributed by atoms with E-state index in [0.717, 1.165) is 0 Å². The second-order valence-corrected chi connectivity index (χ2v) is 9.04. The first-order valence-corrected chi connectivity index (χ1v) is 12.0. The SMILES string of the molecule is CC(C)c1ccc2c(c1)[cH-]c1ccccc12.[Cl-].[Cl-].[Hf].c1ccc2[cH-]ccc2c1.c1ccc2[cH-]ccc2c1. The van der Waals surface area contributed by atoms with E-state index in [1.807, 2.05) is 0 Å². The van der Waals surface area contributed by atoms with E-state index < -0.39 is 0 Å². The Morgan fingerprint density at radius 2 is 1.00 bits per heavy atom. The molecule has 37 heavy (non-hydrogen) atoms. The predicted molar refractivity (Wildman–Crippen MR) is 150 cm³/mol. The molecule has 0 saturated heterocycles. The summed E-state index contributed by atoms with van der Waals surface area (Å²) in [4.78, 5) is 0. The van der Waals surface area contributed by atoms with E-state index in [1.54, 1.807) is 0 Å². The van der Waals surface area contributed by atoms with Crippen LogP contribution in [0.2, 0.25) is 0 Å². The summed E-state index contributed by atoms with van der Waals surface area (Å²) in [5.74, 6) is 0.599. The van der Waals surface area contributed by atoms with E-state index in [1.165, 1.54) is 48.7 Å². The predicted octanol–water partition coefficient (Wildman–Crippen LogP) is 3.96. The quantitative estimate of drug-likeness (QED) is 0.181. The molecule has 0 unspecified atom stereocenters. The zero-order valence-electron chi connectivity index (χ0n) is 21.0. The molecule has 0 spiro atoms. The van der Waals surface area contributed by atoms with Crippen LogP contribution in [0, 0.1) is 0 Å². The number of rotatable bonds is 1. The van der Waals surface area contributed by atoms with Gasteiger partial charge in [0.1, 0.15) is 0 Å². The van der Waals surface area contributed by atoms with Gasteiger partial charge in [0, 0.05) is 25.8 Å². The molecule has 0 aliphatic heterocycles. The average molecular weight is 687 g/mol. The van der Waals surface area contributed by atoms with Gasteiger partial charge in [-0.15, -0.1) is 99.0 Å². The monoisotopic (exact) mass is 687 g/mol. The summed E-state index contributed by atoms with van der Waals surface area (Å²) in [5.41, 5.74) is 1.42. The molecule has 0 N–H and O–H groups in total. The fraction of sp³-hybridized carbons (Fsp3) is 0.0882. The molecular weight excluding hydrogens is 658 g/mol. The van der Waals surface area contributed by atoms with E-state index in [4.69, 9.17) is 0 Å². The Morgan fingerprint density at radius 3 is 1.54 bits per heavy atom. The number of fused-ring (bicyclic) bond motifs is 5. The number of benzene rings is 4. The molecule has 3 heteroatoms. The van der Waals surface area contributed by atoms with Crippen molar-refractivity contribution in [2.45, 2.75) is 19.8 Å². The minimum atomic E-state index is 0. The van der Waals surface area contributed by atoms with Crippen molar-refractivity contribution in [3.63, 3.8) is 0 Å². The molecule has 0 aliphatic rings. The largest absolute Gasteiger partial charge is 1.00 e. The number of halogens is 2. The molecule has 188 valence electrons. The van der Waals surface area contributed by atoms with Crippen molar-refractivity contribution in [3.05, 3.63) is 139 Å². The Balaban J connectivity index is 0.000000199. The van der Waals surface area contributed by atoms with Crippen molar-refractivity contribution in [1.82, 2.24) is 0 Å². The van der Waals surface area contributed by atoms with Crippen LogP contribution in [0.1, 0.15) is 25.3 Å². The Morgan fingerprint density at radius 1 is 0.514 bits per heavy atom. The van der Waals surface area contributed by atoms with Crippen molar-refractivity contribution in [1.29, 1.82) is 0 Å². The van der Waals surface area contributed by atoms with Crippen molar-refractivity contribution < 1.29 is 50.7 Å². The van der Waals surface area contributed by atoms with Gasteiger partial charge in [-0.3, -0.25) is 0 Å². The van der Waals surface area contributed by atoms with Gasteiger partial charge < -0.3 is 24.8 Å². The minimum Gasteiger partial charge on any atom is -1.00 e. The molecule has 7 rings (SSSR count). The van der Waals surface area contributed by atoms with E-state index in [2.05, 4.69) is 147 Å². The van der Waals surface area contributed by atoms with Gasteiger partial charge >= 0.3 is 0 Å². The molecule has 0 aromatic heterocycles. The Bertz CT molecular complexity index is 1520. The molecular formula is C34H29Cl2Hf-5. The summed E-state index contributed by atoms with van der Waals surface area (Å²) in [5, 5.41) is 10.8. The van der Waals surface area contributed by atoms with Crippen molar-refractivity contribution >= 4 is 43.1 Å². The second-order valence-electron chi connectivity index (χ2n) is 9.04. The van der Waals surface area contributed by atoms with Gasteiger partial charge in [-0.1, -0.05) is 61.9 Å². The van der Waals surface area contributed by atoms with Crippen molar-refractivity contribution in [3.8, 4) is 0 Å². The van der Waals surface area contributed by atoms with Crippen LogP contribution in [0.4, 0.5) is 0 Å². The van der Waals surface area contributed by atoms with Crippen LogP contribution in [0.15, 0.2) is 133 Å². The fourth-order valence-corrected chi connectivity index (χ4v) is 4.48. The van der Waals surface area contributed by atoms with Crippen molar-refractivity contribution in [2.24, 2.45) is 0 Å². The summed E-state index contributed by atoms with van der Waals surface area (Å²) >= 11 is 0. The maximum absolute atomic E-state index is 2.32. The minimum absolute atomic E-state index is 0. The van der Waals surface area contributed by atoms with E-state index in [-0.39, 0.29) is 50.7 Å². The first-order valence-electron chi connectivity index (χ1n) is 12.0. The van der Waals surface area contributed by atoms with Crippen LogP contribution in [0.25, 0.3) is 43.1 Å². The van der Waals surface area contributed by atoms with Crippen LogP contribution in [-0.4, -0.2) is 0 Å². The van der Waals surface area contributed by atoms with Crippen LogP contribution in [0.5, 0.6) is 0 Å². The van der Waals surface area contributed by atoms with Gasteiger partial charge in [0.05, 0.1) is 0 Å². The average Bonchev–Trinajstić information content (AvgIpc) is 3.62. The van der Waals surface area contributed by atoms with Gasteiger partial charge in [-0.25, -0.2) is 0 Å². The topological polar surface area (TPSA) is 0 Å². The molecule has 0 radical (unpaired) electrons. The smallest absolute Gasteiger partial charge is 0 e. The molecule has 0 nitrogen and oxygen atoms in total. The fourth-order valence-electron chi connectivity index (χ4n) is 4.48. The third kappa shape index (κ3) is 7.26. The van der Waals surface area contributed by atoms with Crippen LogP contribution < -0.4 is 24.8 Å². The molecule has 0 bridgehead atoms. The first-order chi connectivity index (χ1) is 16.7. The molecule has 7 aromatic carbocycles. The summed E-state index contributed by atoms with van der Waals surface area (Å²) in [6, 6.07) is 47.1. The van der Waals surface area contributed by atoms with Gasteiger partial charge in [-0.2, -0.15) is 35.0 Å². The maximum atomic E-state index is 2.32. The zero-order valence-corrected chi connectivity index (χ0v) is 26.1. The summed E-state index contributed by atoms with van der Waals surface area (Å²) in [6.07, 6.45) is 0. The molecule has 0 saturated carbocycles. The Labute approximate surface area is 251 Å². The maximum Gasteiger partial charge on any atom is 0 e. The van der Waals surface area contributed by atoms with E-state index in [9.17, 15) is 0 Å². The molecule has 0 fully saturated rings. The molecule has 0 heterocycles. The van der Waals surface area contributed by atoms with E-state index >= 15 is 0 Å². The molecule has 0 atom stereocenters. The summed E-state index contributed by atoms with van der Waals surface area (Å²) in [7, 11) is 0. The normalized spacial score (nSPS) is 10.0. The van der Waals surface area contributed by atoms with Crippen LogP contribution in [-0.2, 0) is 25.8 Å². The summed E-state index contributed by atoms with van der Waals surface area (Å²) in [6.45, 7) is 4.48. The standard InChI is InChI=1S/C16H15.2C9H7.2ClH.Hf/c1-11(2)12-7-8-16-14(9-12)10-13-5-3-4-6-15(13)16;2*1-2-5-9-7-3-6-8(9)4-1;;;/h3-11H,1-2H3;2*1-7H;2*1H;/q3*-1;;;/p-2. The number of hydrogen-bond donors (Lipinski definition) is 0. The Kier molecular flexibility index (Phi) is 11.9. The van der Waals surface area contributed by atoms with Crippen LogP contribution in [0.3, 0.4) is 0 Å². The van der Waals surface area contributed by atoms with Gasteiger partial charge in [0.15, 0.2) is 0 Å². The van der Waals surface area contributed by atoms with Gasteiger partial charge in [0.25, 0.3) is 0 Å². The van der Waals surface area contributed by atoms with Gasteiger partial charge in [-0.05, 0) is 5.92 Å². The van der Waals surface area contributed by atoms with Crippen molar-refractivity contribution in [2.75, 3.05) is 0 Å². The molecule has 0 amide bonds. The number of hydrogen-bond acceptors (Lipinski definition) is 0. The first kappa shape index (κ1) is 30.6. The van der Waals surface area contributed by atoms with Crippen LogP contribution >= 0.6 is 0 Å². The van der Waals surface area contributed by atoms with Gasteiger partial charge in [0.2, 0.25) is 0 Å².